The van der Waals surface area contributed by atoms with Crippen molar-refractivity contribution in [3.05, 3.63) is 29.6 Å². The third-order valence-electron chi connectivity index (χ3n) is 3.60. The first-order valence-electron chi connectivity index (χ1n) is 5.44. The fraction of sp³-hybridized carbons (Fsp3) is 0.500. The van der Waals surface area contributed by atoms with Gasteiger partial charge in [-0.1, -0.05) is 6.07 Å². The lowest BCUT2D eigenvalue weighted by Gasteiger charge is -2.34. The Labute approximate surface area is 93.4 Å². The maximum atomic E-state index is 13.1. The van der Waals surface area contributed by atoms with Crippen molar-refractivity contribution in [1.82, 2.24) is 5.32 Å². The van der Waals surface area contributed by atoms with Crippen LogP contribution in [0.2, 0.25) is 0 Å². The van der Waals surface area contributed by atoms with Gasteiger partial charge in [0.1, 0.15) is 5.82 Å². The molecule has 0 bridgehead atoms. The van der Waals surface area contributed by atoms with E-state index < -0.39 is 0 Å². The average Bonchev–Trinajstić information content (AvgIpc) is 2.67. The predicted molar refractivity (Wildman–Crippen MR) is 60.9 cm³/mol. The van der Waals surface area contributed by atoms with Crippen LogP contribution in [0.4, 0.5) is 4.39 Å². The van der Waals surface area contributed by atoms with Gasteiger partial charge in [-0.2, -0.15) is 0 Å². The molecule has 80 valence electrons. The zero-order valence-electron chi connectivity index (χ0n) is 8.55. The maximum Gasteiger partial charge on any atom is 0.124 e. The van der Waals surface area contributed by atoms with Crippen LogP contribution in [0.5, 0.6) is 0 Å². The average molecular weight is 223 g/mol. The molecular formula is C12H14FNS. The van der Waals surface area contributed by atoms with Gasteiger partial charge in [-0.25, -0.2) is 4.39 Å². The summed E-state index contributed by atoms with van der Waals surface area (Å²) in [6, 6.07) is 5.29. The zero-order chi connectivity index (χ0) is 10.3. The highest BCUT2D eigenvalue weighted by Gasteiger charge is 2.39. The molecule has 2 heterocycles. The van der Waals surface area contributed by atoms with Gasteiger partial charge in [-0.3, -0.25) is 0 Å². The van der Waals surface area contributed by atoms with E-state index in [9.17, 15) is 4.39 Å². The molecule has 1 unspecified atom stereocenters. The Balaban J connectivity index is 2.10. The Kier molecular flexibility index (Phi) is 2.25. The summed E-state index contributed by atoms with van der Waals surface area (Å²) in [6.45, 7) is 2.16. The summed E-state index contributed by atoms with van der Waals surface area (Å²) in [5.74, 6) is 1.02. The third kappa shape index (κ3) is 1.49. The van der Waals surface area contributed by atoms with Gasteiger partial charge in [0.25, 0.3) is 0 Å². The number of hydrogen-bond donors (Lipinski definition) is 1. The molecule has 3 heteroatoms. The molecule has 1 atom stereocenters. The normalized spacial score (nSPS) is 29.4. The number of fused-ring (bicyclic) bond motifs is 2. The Morgan fingerprint density at radius 3 is 3.07 bits per heavy atom. The Morgan fingerprint density at radius 1 is 1.33 bits per heavy atom. The predicted octanol–water partition coefficient (Wildman–Crippen LogP) is 2.55. The van der Waals surface area contributed by atoms with Crippen molar-refractivity contribution in [2.24, 2.45) is 0 Å². The number of halogens is 1. The van der Waals surface area contributed by atoms with Crippen molar-refractivity contribution in [1.29, 1.82) is 0 Å². The van der Waals surface area contributed by atoms with Crippen LogP contribution in [0.3, 0.4) is 0 Å². The van der Waals surface area contributed by atoms with E-state index in [0.717, 1.165) is 23.7 Å². The molecule has 1 N–H and O–H groups in total. The molecule has 1 aromatic rings. The van der Waals surface area contributed by atoms with E-state index in [1.165, 1.54) is 18.4 Å². The Bertz CT molecular complexity index is 385. The molecule has 0 saturated carbocycles. The number of thioether (sulfide) groups is 1. The van der Waals surface area contributed by atoms with Crippen LogP contribution in [-0.4, -0.2) is 18.8 Å². The van der Waals surface area contributed by atoms with Crippen LogP contribution >= 0.6 is 11.8 Å². The smallest absolute Gasteiger partial charge is 0.124 e. The van der Waals surface area contributed by atoms with Crippen molar-refractivity contribution in [3.8, 4) is 0 Å². The van der Waals surface area contributed by atoms with Crippen molar-refractivity contribution in [2.45, 2.75) is 23.2 Å². The first-order chi connectivity index (χ1) is 7.30. The van der Waals surface area contributed by atoms with Gasteiger partial charge in [-0.05, 0) is 42.8 Å². The molecule has 3 rings (SSSR count). The highest BCUT2D eigenvalue weighted by atomic mass is 32.2. The molecule has 15 heavy (non-hydrogen) atoms. The van der Waals surface area contributed by atoms with Gasteiger partial charge >= 0.3 is 0 Å². The number of nitrogens with one attached hydrogen (secondary N) is 1. The minimum absolute atomic E-state index is 0.107. The van der Waals surface area contributed by atoms with Crippen molar-refractivity contribution < 1.29 is 4.39 Å². The maximum absolute atomic E-state index is 13.1. The summed E-state index contributed by atoms with van der Waals surface area (Å²) in [6.07, 6.45) is 2.43. The van der Waals surface area contributed by atoms with Crippen LogP contribution in [-0.2, 0) is 5.41 Å². The monoisotopic (exact) mass is 223 g/mol. The quantitative estimate of drug-likeness (QED) is 0.725. The van der Waals surface area contributed by atoms with Crippen LogP contribution in [0.1, 0.15) is 18.4 Å². The second kappa shape index (κ2) is 3.49. The SMILES string of the molecule is Fc1ccc2c(c1)SCCC21CCNC1. The van der Waals surface area contributed by atoms with Gasteiger partial charge in [-0.15, -0.1) is 11.8 Å². The number of benzene rings is 1. The zero-order valence-corrected chi connectivity index (χ0v) is 9.37. The minimum Gasteiger partial charge on any atom is -0.316 e. The second-order valence-electron chi connectivity index (χ2n) is 4.45. The summed E-state index contributed by atoms with van der Waals surface area (Å²) in [5.41, 5.74) is 1.67. The Hall–Kier alpha value is -0.540. The van der Waals surface area contributed by atoms with E-state index in [-0.39, 0.29) is 5.82 Å². The van der Waals surface area contributed by atoms with E-state index in [1.807, 2.05) is 6.07 Å². The van der Waals surface area contributed by atoms with E-state index in [2.05, 4.69) is 5.32 Å². The van der Waals surface area contributed by atoms with Gasteiger partial charge < -0.3 is 5.32 Å². The van der Waals surface area contributed by atoms with Gasteiger partial charge in [0, 0.05) is 16.9 Å². The highest BCUT2D eigenvalue weighted by molar-refractivity contribution is 7.99. The molecular weight excluding hydrogens is 209 g/mol. The first-order valence-corrected chi connectivity index (χ1v) is 6.42. The van der Waals surface area contributed by atoms with Crippen molar-refractivity contribution in [3.63, 3.8) is 0 Å². The summed E-state index contributed by atoms with van der Waals surface area (Å²) in [7, 11) is 0. The summed E-state index contributed by atoms with van der Waals surface area (Å²) >= 11 is 1.80. The van der Waals surface area contributed by atoms with E-state index >= 15 is 0 Å². The van der Waals surface area contributed by atoms with Crippen LogP contribution in [0, 0.1) is 5.82 Å². The van der Waals surface area contributed by atoms with Crippen LogP contribution in [0.25, 0.3) is 0 Å². The summed E-state index contributed by atoms with van der Waals surface area (Å²) < 4.78 is 13.1. The highest BCUT2D eigenvalue weighted by Crippen LogP contribution is 2.45. The fourth-order valence-corrected chi connectivity index (χ4v) is 4.08. The van der Waals surface area contributed by atoms with E-state index in [1.54, 1.807) is 23.9 Å². The number of rotatable bonds is 0. The molecule has 0 aliphatic carbocycles. The van der Waals surface area contributed by atoms with E-state index in [0.29, 0.717) is 5.41 Å². The standard InChI is InChI=1S/C12H14FNS/c13-9-1-2-10-11(7-9)15-6-4-12(10)3-5-14-8-12/h1-2,7,14H,3-6,8H2. The fourth-order valence-electron chi connectivity index (χ4n) is 2.73. The van der Waals surface area contributed by atoms with Gasteiger partial charge in [0.05, 0.1) is 0 Å². The lowest BCUT2D eigenvalue weighted by molar-refractivity contribution is 0.442. The second-order valence-corrected chi connectivity index (χ2v) is 5.58. The first kappa shape index (κ1) is 9.67. The molecule has 0 aromatic heterocycles. The summed E-state index contributed by atoms with van der Waals surface area (Å²) in [5, 5.41) is 3.44. The third-order valence-corrected chi connectivity index (χ3v) is 4.65. The molecule has 1 spiro atoms. The minimum atomic E-state index is -0.107. The molecule has 0 amide bonds. The molecule has 1 fully saturated rings. The van der Waals surface area contributed by atoms with Crippen LogP contribution < -0.4 is 5.32 Å². The molecule has 2 aliphatic rings. The van der Waals surface area contributed by atoms with Gasteiger partial charge in [0.15, 0.2) is 0 Å². The van der Waals surface area contributed by atoms with Crippen molar-refractivity contribution in [2.75, 3.05) is 18.8 Å². The van der Waals surface area contributed by atoms with Crippen molar-refractivity contribution >= 4 is 11.8 Å². The topological polar surface area (TPSA) is 12.0 Å². The largest absolute Gasteiger partial charge is 0.316 e. The molecule has 1 nitrogen and oxygen atoms in total. The molecule has 0 radical (unpaired) electrons. The van der Waals surface area contributed by atoms with E-state index in [4.69, 9.17) is 0 Å². The van der Waals surface area contributed by atoms with Gasteiger partial charge in [0.2, 0.25) is 0 Å². The summed E-state index contributed by atoms with van der Waals surface area (Å²) in [4.78, 5) is 1.16. The number of hydrogen-bond acceptors (Lipinski definition) is 2. The molecule has 2 aliphatic heterocycles. The van der Waals surface area contributed by atoms with Crippen LogP contribution in [0.15, 0.2) is 23.1 Å². The lowest BCUT2D eigenvalue weighted by atomic mass is 9.77. The molecule has 1 aromatic carbocycles. The Morgan fingerprint density at radius 2 is 2.27 bits per heavy atom. The molecule has 1 saturated heterocycles. The lowest BCUT2D eigenvalue weighted by Crippen LogP contribution is -2.32.